The van der Waals surface area contributed by atoms with Crippen molar-refractivity contribution in [3.8, 4) is 0 Å². The lowest BCUT2D eigenvalue weighted by Crippen LogP contribution is -2.22. The largest absolute Gasteiger partial charge is 0.381 e. The number of hydrogen-bond donors (Lipinski definition) is 2. The highest BCUT2D eigenvalue weighted by Crippen LogP contribution is 2.27. The fourth-order valence-electron chi connectivity index (χ4n) is 2.59. The summed E-state index contributed by atoms with van der Waals surface area (Å²) in [7, 11) is 0. The van der Waals surface area contributed by atoms with Crippen LogP contribution in [-0.2, 0) is 17.7 Å². The first-order valence-electron chi connectivity index (χ1n) is 5.92. The third kappa shape index (κ3) is 1.82. The Morgan fingerprint density at radius 3 is 3.20 bits per heavy atom. The predicted molar refractivity (Wildman–Crippen MR) is 59.0 cm³/mol. The fraction of sp³-hybridized carbons (Fsp3) is 0.667. The van der Waals surface area contributed by atoms with E-state index in [0.717, 1.165) is 32.7 Å². The summed E-state index contributed by atoms with van der Waals surface area (Å²) in [5.41, 5.74) is 4.29. The highest BCUT2D eigenvalue weighted by Gasteiger charge is 2.20. The van der Waals surface area contributed by atoms with Crippen LogP contribution < -0.4 is 5.32 Å². The number of aromatic nitrogens is 1. The molecule has 0 saturated carbocycles. The Morgan fingerprint density at radius 2 is 2.40 bits per heavy atom. The summed E-state index contributed by atoms with van der Waals surface area (Å²) in [6.07, 6.45) is 3.61. The van der Waals surface area contributed by atoms with Gasteiger partial charge in [0, 0.05) is 43.4 Å². The average molecular weight is 206 g/mol. The highest BCUT2D eigenvalue weighted by molar-refractivity contribution is 5.30. The molecule has 15 heavy (non-hydrogen) atoms. The maximum Gasteiger partial charge on any atom is 0.0549 e. The van der Waals surface area contributed by atoms with E-state index in [1.807, 2.05) is 0 Å². The normalized spacial score (nSPS) is 26.3. The van der Waals surface area contributed by atoms with E-state index < -0.39 is 0 Å². The van der Waals surface area contributed by atoms with E-state index in [4.69, 9.17) is 4.74 Å². The van der Waals surface area contributed by atoms with E-state index in [9.17, 15) is 0 Å². The molecular weight excluding hydrogens is 188 g/mol. The first kappa shape index (κ1) is 9.43. The minimum Gasteiger partial charge on any atom is -0.381 e. The van der Waals surface area contributed by atoms with Gasteiger partial charge >= 0.3 is 0 Å². The van der Waals surface area contributed by atoms with Crippen LogP contribution in [0.5, 0.6) is 0 Å². The molecule has 82 valence electrons. The zero-order valence-electron chi connectivity index (χ0n) is 9.01. The van der Waals surface area contributed by atoms with Crippen LogP contribution in [0.25, 0.3) is 0 Å². The van der Waals surface area contributed by atoms with Crippen LogP contribution >= 0.6 is 0 Å². The molecule has 3 heteroatoms. The Kier molecular flexibility index (Phi) is 2.51. The second-order valence-electron chi connectivity index (χ2n) is 4.57. The Balaban J connectivity index is 1.82. The van der Waals surface area contributed by atoms with Gasteiger partial charge in [0.1, 0.15) is 0 Å². The molecule has 1 fully saturated rings. The van der Waals surface area contributed by atoms with E-state index in [-0.39, 0.29) is 0 Å². The summed E-state index contributed by atoms with van der Waals surface area (Å²) in [5.74, 6) is 0.601. The van der Waals surface area contributed by atoms with Gasteiger partial charge in [0.15, 0.2) is 0 Å². The number of rotatable bonds is 1. The number of ether oxygens (including phenoxy) is 1. The Hall–Kier alpha value is -0.800. The summed E-state index contributed by atoms with van der Waals surface area (Å²) in [5, 5.41) is 3.41. The van der Waals surface area contributed by atoms with E-state index in [2.05, 4.69) is 16.4 Å². The third-order valence-corrected chi connectivity index (χ3v) is 3.48. The molecule has 0 amide bonds. The van der Waals surface area contributed by atoms with Crippen LogP contribution in [0.15, 0.2) is 6.07 Å². The molecule has 1 saturated heterocycles. The molecule has 1 aromatic heterocycles. The summed E-state index contributed by atoms with van der Waals surface area (Å²) >= 11 is 0. The lowest BCUT2D eigenvalue weighted by atomic mass is 9.98. The molecule has 0 aromatic carbocycles. The third-order valence-electron chi connectivity index (χ3n) is 3.48. The molecule has 2 N–H and O–H groups in total. The van der Waals surface area contributed by atoms with Gasteiger partial charge in [-0.1, -0.05) is 0 Å². The number of nitrogens with one attached hydrogen (secondary N) is 2. The molecule has 0 radical (unpaired) electrons. The van der Waals surface area contributed by atoms with Gasteiger partial charge in [0.25, 0.3) is 0 Å². The van der Waals surface area contributed by atoms with Gasteiger partial charge in [-0.15, -0.1) is 0 Å². The second kappa shape index (κ2) is 3.99. The van der Waals surface area contributed by atoms with Crippen LogP contribution in [0.4, 0.5) is 0 Å². The number of fused-ring (bicyclic) bond motifs is 1. The summed E-state index contributed by atoms with van der Waals surface area (Å²) in [4.78, 5) is 3.58. The molecule has 3 nitrogen and oxygen atoms in total. The molecule has 0 aliphatic carbocycles. The van der Waals surface area contributed by atoms with Gasteiger partial charge in [-0.2, -0.15) is 0 Å². The smallest absolute Gasteiger partial charge is 0.0549 e. The fourth-order valence-corrected chi connectivity index (χ4v) is 2.59. The molecule has 0 bridgehead atoms. The van der Waals surface area contributed by atoms with Crippen molar-refractivity contribution < 1.29 is 4.74 Å². The molecular formula is C12H18N2O. The lowest BCUT2D eigenvalue weighted by Gasteiger charge is -2.20. The predicted octanol–water partition coefficient (Wildman–Crippen LogP) is 1.55. The molecule has 2 aliphatic heterocycles. The maximum atomic E-state index is 5.53. The van der Waals surface area contributed by atoms with Crippen molar-refractivity contribution in [1.82, 2.24) is 10.3 Å². The molecule has 1 unspecified atom stereocenters. The first-order valence-corrected chi connectivity index (χ1v) is 5.92. The first-order chi connectivity index (χ1) is 7.43. The zero-order valence-corrected chi connectivity index (χ0v) is 9.01. The second-order valence-corrected chi connectivity index (χ2v) is 4.57. The van der Waals surface area contributed by atoms with Crippen molar-refractivity contribution in [2.75, 3.05) is 19.8 Å². The standard InChI is InChI=1S/C12H18N2O/c1-2-9(8-15-5-1)12-6-10-7-13-4-3-11(10)14-12/h6,9,13-14H,1-5,7-8H2. The molecule has 3 rings (SSSR count). The van der Waals surface area contributed by atoms with Crippen molar-refractivity contribution in [3.63, 3.8) is 0 Å². The quantitative estimate of drug-likeness (QED) is 0.731. The molecule has 3 heterocycles. The van der Waals surface area contributed by atoms with Crippen LogP contribution in [-0.4, -0.2) is 24.7 Å². The Bertz CT molecular complexity index is 316. The number of aromatic amines is 1. The van der Waals surface area contributed by atoms with E-state index in [1.165, 1.54) is 29.8 Å². The Morgan fingerprint density at radius 1 is 1.40 bits per heavy atom. The van der Waals surface area contributed by atoms with Crippen molar-refractivity contribution in [3.05, 3.63) is 23.0 Å². The van der Waals surface area contributed by atoms with E-state index >= 15 is 0 Å². The highest BCUT2D eigenvalue weighted by atomic mass is 16.5. The van der Waals surface area contributed by atoms with E-state index in [1.54, 1.807) is 0 Å². The minimum atomic E-state index is 0.601. The summed E-state index contributed by atoms with van der Waals surface area (Å²) in [6, 6.07) is 2.33. The van der Waals surface area contributed by atoms with Crippen molar-refractivity contribution in [1.29, 1.82) is 0 Å². The van der Waals surface area contributed by atoms with Crippen molar-refractivity contribution >= 4 is 0 Å². The molecule has 1 aromatic rings. The molecule has 2 aliphatic rings. The van der Waals surface area contributed by atoms with Crippen LogP contribution in [0.1, 0.15) is 35.7 Å². The van der Waals surface area contributed by atoms with Gasteiger partial charge in [-0.05, 0) is 24.5 Å². The molecule has 0 spiro atoms. The van der Waals surface area contributed by atoms with Crippen LogP contribution in [0.3, 0.4) is 0 Å². The van der Waals surface area contributed by atoms with Crippen molar-refractivity contribution in [2.24, 2.45) is 0 Å². The van der Waals surface area contributed by atoms with Crippen molar-refractivity contribution in [2.45, 2.75) is 31.7 Å². The van der Waals surface area contributed by atoms with Gasteiger partial charge in [0.05, 0.1) is 6.61 Å². The summed E-state index contributed by atoms with van der Waals surface area (Å²) < 4.78 is 5.53. The van der Waals surface area contributed by atoms with E-state index in [0.29, 0.717) is 5.92 Å². The topological polar surface area (TPSA) is 37.0 Å². The van der Waals surface area contributed by atoms with Gasteiger partial charge in [-0.25, -0.2) is 0 Å². The maximum absolute atomic E-state index is 5.53. The number of H-pyrrole nitrogens is 1. The van der Waals surface area contributed by atoms with Gasteiger partial charge in [0.2, 0.25) is 0 Å². The summed E-state index contributed by atoms with van der Waals surface area (Å²) in [6.45, 7) is 3.97. The molecule has 1 atom stereocenters. The minimum absolute atomic E-state index is 0.601. The lowest BCUT2D eigenvalue weighted by molar-refractivity contribution is 0.0794. The SMILES string of the molecule is c1c(C2CCCOC2)[nH]c2c1CNCC2. The number of hydrogen-bond acceptors (Lipinski definition) is 2. The van der Waals surface area contributed by atoms with Gasteiger partial charge in [-0.3, -0.25) is 0 Å². The van der Waals surface area contributed by atoms with Crippen LogP contribution in [0.2, 0.25) is 0 Å². The van der Waals surface area contributed by atoms with Gasteiger partial charge < -0.3 is 15.0 Å². The van der Waals surface area contributed by atoms with Crippen LogP contribution in [0, 0.1) is 0 Å². The average Bonchev–Trinajstić information content (AvgIpc) is 2.74. The Labute approximate surface area is 90.2 Å². The monoisotopic (exact) mass is 206 g/mol. The zero-order chi connectivity index (χ0) is 10.1.